The molecule has 0 radical (unpaired) electrons. The summed E-state index contributed by atoms with van der Waals surface area (Å²) in [5.41, 5.74) is 2.47. The number of amides is 3. The molecule has 3 aliphatic heterocycles. The van der Waals surface area contributed by atoms with Gasteiger partial charge >= 0.3 is 12.0 Å². The van der Waals surface area contributed by atoms with Crippen LogP contribution in [0.4, 0.5) is 4.79 Å². The molecule has 10 nitrogen and oxygen atoms in total. The predicted octanol–water partition coefficient (Wildman–Crippen LogP) is -0.841. The van der Waals surface area contributed by atoms with Gasteiger partial charge in [0.05, 0.1) is 18.8 Å². The van der Waals surface area contributed by atoms with Crippen LogP contribution in [0.3, 0.4) is 0 Å². The summed E-state index contributed by atoms with van der Waals surface area (Å²) in [7, 11) is 0. The number of nitrogens with one attached hydrogen (secondary N) is 2. The highest BCUT2D eigenvalue weighted by atomic mass is 16.7. The number of hydrogen-bond donors (Lipinski definition) is 2. The molecule has 0 aromatic heterocycles. The number of rotatable bonds is 7. The second kappa shape index (κ2) is 7.98. The fourth-order valence-corrected chi connectivity index (χ4v) is 3.33. The molecule has 0 spiro atoms. The van der Waals surface area contributed by atoms with Crippen molar-refractivity contribution in [2.45, 2.75) is 44.4 Å². The number of nitrogens with zero attached hydrogens (tertiary/aromatic N) is 2. The maximum atomic E-state index is 12.5. The van der Waals surface area contributed by atoms with Gasteiger partial charge in [-0.1, -0.05) is 0 Å². The molecule has 3 rings (SSSR count). The normalized spacial score (nSPS) is 28.4. The fraction of sp³-hybridized carbons (Fsp3) is 0.800. The van der Waals surface area contributed by atoms with Gasteiger partial charge in [0, 0.05) is 13.1 Å². The lowest BCUT2D eigenvalue weighted by Crippen LogP contribution is -2.50. The van der Waals surface area contributed by atoms with Crippen molar-refractivity contribution in [3.8, 4) is 0 Å². The van der Waals surface area contributed by atoms with Crippen LogP contribution >= 0.6 is 0 Å². The highest BCUT2D eigenvalue weighted by Gasteiger charge is 2.48. The van der Waals surface area contributed by atoms with Crippen LogP contribution < -0.4 is 10.8 Å². The summed E-state index contributed by atoms with van der Waals surface area (Å²) in [4.78, 5) is 48.4. The minimum absolute atomic E-state index is 0.0426. The Bertz CT molecular complexity index is 524. The number of hydrogen-bond acceptors (Lipinski definition) is 7. The van der Waals surface area contributed by atoms with Crippen LogP contribution in [0.1, 0.15) is 26.2 Å². The maximum absolute atomic E-state index is 12.5. The van der Waals surface area contributed by atoms with Crippen LogP contribution in [-0.2, 0) is 24.0 Å². The van der Waals surface area contributed by atoms with Crippen molar-refractivity contribution in [2.24, 2.45) is 0 Å². The van der Waals surface area contributed by atoms with Crippen molar-refractivity contribution >= 4 is 17.9 Å². The van der Waals surface area contributed by atoms with Gasteiger partial charge in [0.25, 0.3) is 5.91 Å². The first-order valence-electron chi connectivity index (χ1n) is 8.64. The molecule has 0 aromatic carbocycles. The number of carbonyl (C=O) groups is 3. The lowest BCUT2D eigenvalue weighted by molar-refractivity contribution is -0.172. The molecule has 10 heteroatoms. The predicted molar refractivity (Wildman–Crippen MR) is 83.8 cm³/mol. The molecule has 2 bridgehead atoms. The average molecular weight is 356 g/mol. The third-order valence-corrected chi connectivity index (χ3v) is 4.59. The second-order valence-electron chi connectivity index (χ2n) is 6.29. The number of fused-ring (bicyclic) bond motifs is 2. The van der Waals surface area contributed by atoms with Crippen LogP contribution in [0.5, 0.6) is 0 Å². The lowest BCUT2D eigenvalue weighted by Gasteiger charge is -2.29. The van der Waals surface area contributed by atoms with E-state index in [1.807, 2.05) is 0 Å². The molecule has 3 aliphatic rings. The number of esters is 1. The first kappa shape index (κ1) is 17.9. The van der Waals surface area contributed by atoms with E-state index in [1.54, 1.807) is 6.92 Å². The summed E-state index contributed by atoms with van der Waals surface area (Å²) >= 11 is 0. The number of urea groups is 1. The molecule has 3 heterocycles. The fourth-order valence-electron chi connectivity index (χ4n) is 3.33. The molecule has 3 atom stereocenters. The van der Waals surface area contributed by atoms with E-state index in [4.69, 9.17) is 14.4 Å². The van der Waals surface area contributed by atoms with Crippen molar-refractivity contribution in [3.63, 3.8) is 0 Å². The van der Waals surface area contributed by atoms with Crippen molar-refractivity contribution in [2.75, 3.05) is 32.8 Å². The van der Waals surface area contributed by atoms with Gasteiger partial charge in [0.2, 0.25) is 0 Å². The highest BCUT2D eigenvalue weighted by molar-refractivity contribution is 5.88. The van der Waals surface area contributed by atoms with Gasteiger partial charge in [-0.2, -0.15) is 5.06 Å². The third-order valence-electron chi connectivity index (χ3n) is 4.59. The maximum Gasteiger partial charge on any atom is 0.345 e. The first-order valence-corrected chi connectivity index (χ1v) is 8.64. The number of piperidine rings is 1. The van der Waals surface area contributed by atoms with E-state index >= 15 is 0 Å². The Morgan fingerprint density at radius 2 is 2.16 bits per heavy atom. The quantitative estimate of drug-likeness (QED) is 0.452. The van der Waals surface area contributed by atoms with E-state index in [-0.39, 0.29) is 31.3 Å². The highest BCUT2D eigenvalue weighted by Crippen LogP contribution is 2.30. The number of hydroxylamine groups is 3. The molecular weight excluding hydrogens is 332 g/mol. The standard InChI is InChI=1S/C15H24N4O6/c1-2-23-13(20)9-24-19-10-3-4-12(18(8-10)15(19)22)14(21)17-25-11-5-6-16-7-11/h10-12,16H,2-9H2,1H3,(H,17,21)/t10?,11-,12?/m0/s1. The van der Waals surface area contributed by atoms with Gasteiger partial charge in [0.15, 0.2) is 6.61 Å². The van der Waals surface area contributed by atoms with E-state index in [0.29, 0.717) is 25.9 Å². The van der Waals surface area contributed by atoms with E-state index in [0.717, 1.165) is 13.0 Å². The zero-order valence-electron chi connectivity index (χ0n) is 14.2. The summed E-state index contributed by atoms with van der Waals surface area (Å²) in [5.74, 6) is -0.856. The molecule has 2 N–H and O–H groups in total. The van der Waals surface area contributed by atoms with Gasteiger partial charge in [-0.3, -0.25) is 14.5 Å². The van der Waals surface area contributed by atoms with E-state index < -0.39 is 18.0 Å². The molecule has 2 unspecified atom stereocenters. The monoisotopic (exact) mass is 356 g/mol. The van der Waals surface area contributed by atoms with Gasteiger partial charge < -0.3 is 15.0 Å². The number of ether oxygens (including phenoxy) is 1. The summed E-state index contributed by atoms with van der Waals surface area (Å²) in [6, 6.07) is -1.16. The minimum Gasteiger partial charge on any atom is -0.464 e. The largest absolute Gasteiger partial charge is 0.464 e. The molecule has 0 aromatic rings. The van der Waals surface area contributed by atoms with Crippen LogP contribution in [0.25, 0.3) is 0 Å². The van der Waals surface area contributed by atoms with E-state index in [9.17, 15) is 14.4 Å². The van der Waals surface area contributed by atoms with Crippen LogP contribution in [0.15, 0.2) is 0 Å². The lowest BCUT2D eigenvalue weighted by atomic mass is 10.0. The molecular formula is C15H24N4O6. The average Bonchev–Trinajstić information content (AvgIpc) is 3.20. The van der Waals surface area contributed by atoms with Crippen LogP contribution in [0.2, 0.25) is 0 Å². The zero-order valence-corrected chi connectivity index (χ0v) is 14.2. The summed E-state index contributed by atoms with van der Waals surface area (Å²) in [6.45, 7) is 3.59. The topological polar surface area (TPSA) is 109 Å². The Labute approximate surface area is 145 Å². The minimum atomic E-state index is -0.589. The summed E-state index contributed by atoms with van der Waals surface area (Å²) in [5, 5.41) is 4.33. The first-order chi connectivity index (χ1) is 12.1. The van der Waals surface area contributed by atoms with Crippen molar-refractivity contribution in [1.29, 1.82) is 0 Å². The molecule has 3 amide bonds. The Morgan fingerprint density at radius 1 is 1.32 bits per heavy atom. The van der Waals surface area contributed by atoms with Crippen molar-refractivity contribution in [1.82, 2.24) is 20.8 Å². The Morgan fingerprint density at radius 3 is 2.88 bits per heavy atom. The molecule has 3 saturated heterocycles. The zero-order chi connectivity index (χ0) is 17.8. The third kappa shape index (κ3) is 4.02. The Balaban J connectivity index is 1.51. The van der Waals surface area contributed by atoms with Gasteiger partial charge in [-0.25, -0.2) is 15.1 Å². The van der Waals surface area contributed by atoms with Gasteiger partial charge in [0.1, 0.15) is 6.04 Å². The Hall–Kier alpha value is -1.91. The van der Waals surface area contributed by atoms with Gasteiger partial charge in [-0.15, -0.1) is 0 Å². The van der Waals surface area contributed by atoms with Crippen LogP contribution in [-0.4, -0.2) is 78.9 Å². The smallest absolute Gasteiger partial charge is 0.345 e. The van der Waals surface area contributed by atoms with E-state index in [1.165, 1.54) is 9.96 Å². The van der Waals surface area contributed by atoms with Gasteiger partial charge in [-0.05, 0) is 32.7 Å². The second-order valence-corrected chi connectivity index (χ2v) is 6.29. The molecule has 140 valence electrons. The van der Waals surface area contributed by atoms with Crippen LogP contribution in [0, 0.1) is 0 Å². The van der Waals surface area contributed by atoms with E-state index in [2.05, 4.69) is 10.8 Å². The van der Waals surface area contributed by atoms with Crippen molar-refractivity contribution < 1.29 is 28.8 Å². The van der Waals surface area contributed by atoms with Crippen molar-refractivity contribution in [3.05, 3.63) is 0 Å². The summed E-state index contributed by atoms with van der Waals surface area (Å²) < 4.78 is 4.79. The molecule has 0 aliphatic carbocycles. The number of carbonyl (C=O) groups excluding carboxylic acids is 3. The molecule has 3 fully saturated rings. The Kier molecular flexibility index (Phi) is 5.71. The molecule has 0 saturated carbocycles. The summed E-state index contributed by atoms with van der Waals surface area (Å²) in [6.07, 6.45) is 1.94. The SMILES string of the molecule is CCOC(=O)CON1C(=O)N2CC1CCC2C(=O)NO[C@H]1CCNC1. The molecule has 25 heavy (non-hydrogen) atoms.